The molecule has 1 aliphatic carbocycles. The number of rotatable bonds is 6. The van der Waals surface area contributed by atoms with Crippen molar-refractivity contribution in [2.75, 3.05) is 6.54 Å². The van der Waals surface area contributed by atoms with Crippen LogP contribution in [0.3, 0.4) is 0 Å². The molecule has 1 fully saturated rings. The molecule has 0 amide bonds. The molecular weight excluding hydrogens is 262 g/mol. The van der Waals surface area contributed by atoms with Gasteiger partial charge in [-0.3, -0.25) is 0 Å². The predicted molar refractivity (Wildman–Crippen MR) is 74.1 cm³/mol. The first-order valence-corrected chi connectivity index (χ1v) is 8.11. The van der Waals surface area contributed by atoms with E-state index in [9.17, 15) is 8.42 Å². The molecule has 0 spiro atoms. The second-order valence-electron chi connectivity index (χ2n) is 5.50. The summed E-state index contributed by atoms with van der Waals surface area (Å²) in [5.74, 6) is 0.312. The van der Waals surface area contributed by atoms with Crippen LogP contribution < -0.4 is 0 Å². The Labute approximate surface area is 115 Å². The number of aliphatic hydroxyl groups excluding tert-OH is 1. The van der Waals surface area contributed by atoms with E-state index in [2.05, 4.69) is 0 Å². The zero-order valence-corrected chi connectivity index (χ0v) is 12.2. The van der Waals surface area contributed by atoms with E-state index < -0.39 is 10.0 Å². The van der Waals surface area contributed by atoms with E-state index in [4.69, 9.17) is 5.11 Å². The van der Waals surface area contributed by atoms with Crippen molar-refractivity contribution in [2.45, 2.75) is 44.2 Å². The minimum absolute atomic E-state index is 0.0708. The van der Waals surface area contributed by atoms with Gasteiger partial charge in [0.2, 0.25) is 10.0 Å². The van der Waals surface area contributed by atoms with Crippen molar-refractivity contribution in [1.29, 1.82) is 0 Å². The molecule has 0 bridgehead atoms. The topological polar surface area (TPSA) is 57.6 Å². The van der Waals surface area contributed by atoms with Crippen molar-refractivity contribution in [3.05, 3.63) is 29.8 Å². The Bertz CT molecular complexity index is 518. The van der Waals surface area contributed by atoms with Crippen LogP contribution in [-0.2, 0) is 16.6 Å². The maximum Gasteiger partial charge on any atom is 0.243 e. The van der Waals surface area contributed by atoms with Crippen LogP contribution in [-0.4, -0.2) is 30.4 Å². The Morgan fingerprint density at radius 1 is 1.26 bits per heavy atom. The number of nitrogens with zero attached hydrogens (tertiary/aromatic N) is 1. The van der Waals surface area contributed by atoms with Crippen molar-refractivity contribution >= 4 is 10.0 Å². The van der Waals surface area contributed by atoms with Gasteiger partial charge in [0.25, 0.3) is 0 Å². The van der Waals surface area contributed by atoms with Crippen molar-refractivity contribution in [2.24, 2.45) is 5.92 Å². The molecule has 0 radical (unpaired) electrons. The summed E-state index contributed by atoms with van der Waals surface area (Å²) in [6.45, 7) is 4.55. The first-order valence-electron chi connectivity index (χ1n) is 6.67. The number of benzene rings is 1. The van der Waals surface area contributed by atoms with E-state index in [-0.39, 0.29) is 12.6 Å². The van der Waals surface area contributed by atoms with Crippen LogP contribution in [0.1, 0.15) is 32.3 Å². The van der Waals surface area contributed by atoms with Gasteiger partial charge in [0.05, 0.1) is 11.5 Å². The van der Waals surface area contributed by atoms with Crippen LogP contribution in [0.5, 0.6) is 0 Å². The summed E-state index contributed by atoms with van der Waals surface area (Å²) >= 11 is 0. The summed E-state index contributed by atoms with van der Waals surface area (Å²) in [6, 6.07) is 6.65. The summed E-state index contributed by atoms with van der Waals surface area (Å²) in [6.07, 6.45) is 1.92. The highest BCUT2D eigenvalue weighted by molar-refractivity contribution is 7.89. The first kappa shape index (κ1) is 14.5. The fourth-order valence-electron chi connectivity index (χ4n) is 2.07. The van der Waals surface area contributed by atoms with Gasteiger partial charge >= 0.3 is 0 Å². The van der Waals surface area contributed by atoms with Crippen LogP contribution in [0, 0.1) is 5.92 Å². The lowest BCUT2D eigenvalue weighted by atomic mass is 10.2. The quantitative estimate of drug-likeness (QED) is 0.868. The highest BCUT2D eigenvalue weighted by Crippen LogP contribution is 2.32. The van der Waals surface area contributed by atoms with Gasteiger partial charge in [-0.2, -0.15) is 4.31 Å². The zero-order valence-electron chi connectivity index (χ0n) is 11.4. The third kappa shape index (κ3) is 3.35. The second kappa shape index (κ2) is 5.61. The first-order chi connectivity index (χ1) is 8.95. The lowest BCUT2D eigenvalue weighted by Crippen LogP contribution is -2.36. The van der Waals surface area contributed by atoms with Gasteiger partial charge in [0, 0.05) is 12.6 Å². The Balaban J connectivity index is 2.27. The van der Waals surface area contributed by atoms with Crippen LogP contribution in [0.2, 0.25) is 0 Å². The van der Waals surface area contributed by atoms with Gasteiger partial charge in [0.1, 0.15) is 0 Å². The average molecular weight is 283 g/mol. The van der Waals surface area contributed by atoms with E-state index in [1.807, 2.05) is 13.8 Å². The molecule has 1 saturated carbocycles. The summed E-state index contributed by atoms with van der Waals surface area (Å²) in [5.41, 5.74) is 0.723. The smallest absolute Gasteiger partial charge is 0.243 e. The summed E-state index contributed by atoms with van der Waals surface area (Å²) < 4.78 is 26.9. The summed E-state index contributed by atoms with van der Waals surface area (Å²) in [7, 11) is -3.41. The third-order valence-electron chi connectivity index (χ3n) is 3.21. The molecule has 1 aliphatic rings. The Morgan fingerprint density at radius 2 is 1.84 bits per heavy atom. The molecule has 0 aliphatic heterocycles. The maximum atomic E-state index is 12.6. The third-order valence-corrected chi connectivity index (χ3v) is 5.14. The highest BCUT2D eigenvalue weighted by Gasteiger charge is 2.38. The molecule has 1 aromatic rings. The van der Waals surface area contributed by atoms with Crippen LogP contribution in [0.15, 0.2) is 29.2 Å². The van der Waals surface area contributed by atoms with Crippen molar-refractivity contribution < 1.29 is 13.5 Å². The lowest BCUT2D eigenvalue weighted by Gasteiger charge is -2.23. The minimum Gasteiger partial charge on any atom is -0.392 e. The van der Waals surface area contributed by atoms with E-state index in [1.54, 1.807) is 28.6 Å². The molecule has 0 heterocycles. The molecule has 0 saturated heterocycles. The van der Waals surface area contributed by atoms with Gasteiger partial charge in [-0.1, -0.05) is 26.0 Å². The van der Waals surface area contributed by atoms with Crippen molar-refractivity contribution in [3.8, 4) is 0 Å². The molecule has 1 aromatic carbocycles. The standard InChI is InChI=1S/C14H21NO3S/c1-11(2)9-15(13-5-6-13)19(17,18)14-7-3-12(10-16)4-8-14/h3-4,7-8,11,13,16H,5-6,9-10H2,1-2H3. The largest absolute Gasteiger partial charge is 0.392 e. The molecule has 0 unspecified atom stereocenters. The van der Waals surface area contributed by atoms with Gasteiger partial charge in [-0.05, 0) is 36.5 Å². The molecular formula is C14H21NO3S. The van der Waals surface area contributed by atoms with Crippen molar-refractivity contribution in [1.82, 2.24) is 4.31 Å². The predicted octanol–water partition coefficient (Wildman–Crippen LogP) is 1.99. The molecule has 106 valence electrons. The molecule has 19 heavy (non-hydrogen) atoms. The molecule has 0 atom stereocenters. The minimum atomic E-state index is -3.41. The molecule has 5 heteroatoms. The van der Waals surface area contributed by atoms with E-state index in [0.717, 1.165) is 18.4 Å². The van der Waals surface area contributed by atoms with Gasteiger partial charge < -0.3 is 5.11 Å². The van der Waals surface area contributed by atoms with Gasteiger partial charge in [-0.15, -0.1) is 0 Å². The fourth-order valence-corrected chi connectivity index (χ4v) is 3.92. The summed E-state index contributed by atoms with van der Waals surface area (Å²) in [5, 5.41) is 9.00. The Morgan fingerprint density at radius 3 is 2.26 bits per heavy atom. The van der Waals surface area contributed by atoms with E-state index in [1.165, 1.54) is 0 Å². The Hall–Kier alpha value is -0.910. The summed E-state index contributed by atoms with van der Waals surface area (Å²) in [4.78, 5) is 0.317. The van der Waals surface area contributed by atoms with Crippen LogP contribution >= 0.6 is 0 Å². The average Bonchev–Trinajstić information content (AvgIpc) is 3.20. The molecule has 2 rings (SSSR count). The number of hydrogen-bond donors (Lipinski definition) is 1. The molecule has 1 N–H and O–H groups in total. The van der Waals surface area contributed by atoms with Gasteiger partial charge in [-0.25, -0.2) is 8.42 Å². The SMILES string of the molecule is CC(C)CN(C1CC1)S(=O)(=O)c1ccc(CO)cc1. The molecule has 0 aromatic heterocycles. The van der Waals surface area contributed by atoms with E-state index >= 15 is 0 Å². The van der Waals surface area contributed by atoms with E-state index in [0.29, 0.717) is 17.4 Å². The van der Waals surface area contributed by atoms with Crippen molar-refractivity contribution in [3.63, 3.8) is 0 Å². The zero-order chi connectivity index (χ0) is 14.0. The fraction of sp³-hybridized carbons (Fsp3) is 0.571. The highest BCUT2D eigenvalue weighted by atomic mass is 32.2. The number of hydrogen-bond acceptors (Lipinski definition) is 3. The number of sulfonamides is 1. The van der Waals surface area contributed by atoms with Crippen LogP contribution in [0.25, 0.3) is 0 Å². The Kier molecular flexibility index (Phi) is 4.28. The maximum absolute atomic E-state index is 12.6. The lowest BCUT2D eigenvalue weighted by molar-refractivity contribution is 0.281. The van der Waals surface area contributed by atoms with Crippen LogP contribution in [0.4, 0.5) is 0 Å². The van der Waals surface area contributed by atoms with Gasteiger partial charge in [0.15, 0.2) is 0 Å². The molecule has 4 nitrogen and oxygen atoms in total. The monoisotopic (exact) mass is 283 g/mol. The second-order valence-corrected chi connectivity index (χ2v) is 7.39. The normalized spacial score (nSPS) is 16.3. The number of aliphatic hydroxyl groups is 1.